The molecule has 0 saturated carbocycles. The van der Waals surface area contributed by atoms with Crippen LogP contribution in [0.1, 0.15) is 22.3 Å². The van der Waals surface area contributed by atoms with E-state index in [1.165, 1.54) is 29.4 Å². The van der Waals surface area contributed by atoms with E-state index >= 15 is 0 Å². The number of benzene rings is 4. The van der Waals surface area contributed by atoms with Gasteiger partial charge in [-0.1, -0.05) is 60.7 Å². The van der Waals surface area contributed by atoms with Gasteiger partial charge in [-0.25, -0.2) is 0 Å². The molecule has 4 aromatic carbocycles. The Morgan fingerprint density at radius 1 is 0.500 bits per heavy atom. The molecule has 0 saturated heterocycles. The number of hydrogen-bond acceptors (Lipinski definition) is 1. The Bertz CT molecular complexity index is 1050. The Morgan fingerprint density at radius 2 is 0.893 bits per heavy atom. The van der Waals surface area contributed by atoms with Crippen molar-refractivity contribution in [2.24, 2.45) is 0 Å². The summed E-state index contributed by atoms with van der Waals surface area (Å²) in [4.78, 5) is 0. The van der Waals surface area contributed by atoms with E-state index in [-0.39, 0.29) is 0 Å². The molecule has 0 amide bonds. The molecular weight excluding hydrogens is 570 g/mol. The van der Waals surface area contributed by atoms with E-state index in [9.17, 15) is 0 Å². The fourth-order valence-electron chi connectivity index (χ4n) is 4.18. The maximum atomic E-state index is 6.32. The third-order valence-electron chi connectivity index (χ3n) is 5.36. The predicted octanol–water partition coefficient (Wildman–Crippen LogP) is 7.38. The van der Waals surface area contributed by atoms with Gasteiger partial charge in [-0.2, -0.15) is 0 Å². The SMILES string of the molecule is Ic1ccc(C2(c3ccc(I)cc3)c3ccccc3Oc3ccccc32)cc1. The van der Waals surface area contributed by atoms with Crippen molar-refractivity contribution in [3.8, 4) is 11.5 Å². The Morgan fingerprint density at radius 3 is 1.32 bits per heavy atom. The molecule has 1 aliphatic rings. The van der Waals surface area contributed by atoms with E-state index in [4.69, 9.17) is 4.74 Å². The lowest BCUT2D eigenvalue weighted by Gasteiger charge is -2.41. The topological polar surface area (TPSA) is 9.23 Å². The quantitative estimate of drug-likeness (QED) is 0.196. The highest BCUT2D eigenvalue weighted by Crippen LogP contribution is 2.55. The van der Waals surface area contributed by atoms with Crippen LogP contribution < -0.4 is 4.74 Å². The minimum atomic E-state index is -0.417. The van der Waals surface area contributed by atoms with Gasteiger partial charge < -0.3 is 4.74 Å². The molecule has 0 atom stereocenters. The summed E-state index contributed by atoms with van der Waals surface area (Å²) in [5.41, 5.74) is 4.43. The lowest BCUT2D eigenvalue weighted by atomic mass is 9.64. The Balaban J connectivity index is 1.94. The van der Waals surface area contributed by atoms with Crippen molar-refractivity contribution in [3.05, 3.63) is 126 Å². The number of fused-ring (bicyclic) bond motifs is 2. The lowest BCUT2D eigenvalue weighted by molar-refractivity contribution is 0.434. The Kier molecular flexibility index (Phi) is 4.67. The molecule has 1 heterocycles. The molecule has 0 bridgehead atoms. The van der Waals surface area contributed by atoms with Gasteiger partial charge in [-0.3, -0.25) is 0 Å². The minimum absolute atomic E-state index is 0.417. The van der Waals surface area contributed by atoms with Gasteiger partial charge in [0.05, 0.1) is 5.41 Å². The van der Waals surface area contributed by atoms with Gasteiger partial charge in [0, 0.05) is 18.3 Å². The number of halogens is 2. The summed E-state index contributed by atoms with van der Waals surface area (Å²) in [6, 6.07) is 34.6. The summed E-state index contributed by atoms with van der Waals surface area (Å²) in [7, 11) is 0. The van der Waals surface area contributed by atoms with E-state index in [1.807, 2.05) is 12.1 Å². The third kappa shape index (κ3) is 2.78. The maximum absolute atomic E-state index is 6.32. The van der Waals surface area contributed by atoms with Gasteiger partial charge in [-0.05, 0) is 92.7 Å². The van der Waals surface area contributed by atoms with Crippen LogP contribution in [0.25, 0.3) is 0 Å². The Labute approximate surface area is 192 Å². The average Bonchev–Trinajstić information content (AvgIpc) is 2.73. The fraction of sp³-hybridized carbons (Fsp3) is 0.0400. The average molecular weight is 586 g/mol. The molecular formula is C25H16I2O. The van der Waals surface area contributed by atoms with Crippen LogP contribution in [0.15, 0.2) is 97.1 Å². The first-order chi connectivity index (χ1) is 13.7. The number of hydrogen-bond donors (Lipinski definition) is 0. The standard InChI is InChI=1S/C25H16I2O/c26-19-13-9-17(10-14-19)25(18-11-15-20(27)16-12-18)21-5-1-3-7-23(21)28-24-8-4-2-6-22(24)25/h1-16H. The largest absolute Gasteiger partial charge is 0.457 e. The summed E-state index contributed by atoms with van der Waals surface area (Å²) in [6.45, 7) is 0. The Hall–Kier alpha value is -1.86. The monoisotopic (exact) mass is 586 g/mol. The zero-order valence-corrected chi connectivity index (χ0v) is 19.2. The van der Waals surface area contributed by atoms with E-state index in [0.717, 1.165) is 11.5 Å². The van der Waals surface area contributed by atoms with E-state index in [1.54, 1.807) is 0 Å². The van der Waals surface area contributed by atoms with Crippen LogP contribution in [-0.2, 0) is 5.41 Å². The minimum Gasteiger partial charge on any atom is -0.457 e. The van der Waals surface area contributed by atoms with Crippen LogP contribution in [0.5, 0.6) is 11.5 Å². The second-order valence-electron chi connectivity index (χ2n) is 6.86. The summed E-state index contributed by atoms with van der Waals surface area (Å²) in [6.07, 6.45) is 0. The molecule has 4 aromatic rings. The molecule has 0 radical (unpaired) electrons. The van der Waals surface area contributed by atoms with Crippen molar-refractivity contribution in [1.29, 1.82) is 0 Å². The molecule has 28 heavy (non-hydrogen) atoms. The number of rotatable bonds is 2. The molecule has 1 aliphatic heterocycles. The van der Waals surface area contributed by atoms with Crippen LogP contribution in [0, 0.1) is 7.14 Å². The molecule has 0 aromatic heterocycles. The smallest absolute Gasteiger partial charge is 0.132 e. The highest BCUT2D eigenvalue weighted by molar-refractivity contribution is 14.1. The summed E-state index contributed by atoms with van der Waals surface area (Å²) < 4.78 is 8.78. The molecule has 0 unspecified atom stereocenters. The van der Waals surface area contributed by atoms with Gasteiger partial charge >= 0.3 is 0 Å². The number of ether oxygens (including phenoxy) is 1. The first kappa shape index (κ1) is 18.2. The molecule has 0 fully saturated rings. The van der Waals surface area contributed by atoms with Gasteiger partial charge in [0.15, 0.2) is 0 Å². The van der Waals surface area contributed by atoms with Gasteiger partial charge in [0.25, 0.3) is 0 Å². The molecule has 136 valence electrons. The zero-order valence-electron chi connectivity index (χ0n) is 14.9. The second-order valence-corrected chi connectivity index (χ2v) is 9.35. The maximum Gasteiger partial charge on any atom is 0.132 e. The molecule has 0 spiro atoms. The van der Waals surface area contributed by atoms with Gasteiger partial charge in [0.2, 0.25) is 0 Å². The van der Waals surface area contributed by atoms with Crippen molar-refractivity contribution in [3.63, 3.8) is 0 Å². The molecule has 0 N–H and O–H groups in total. The molecule has 5 rings (SSSR count). The normalized spacial score (nSPS) is 13.9. The van der Waals surface area contributed by atoms with E-state index in [0.29, 0.717) is 0 Å². The van der Waals surface area contributed by atoms with Crippen LogP contribution in [0.2, 0.25) is 0 Å². The second kappa shape index (κ2) is 7.19. The van der Waals surface area contributed by atoms with Gasteiger partial charge in [-0.15, -0.1) is 0 Å². The van der Waals surface area contributed by atoms with Crippen molar-refractivity contribution >= 4 is 45.2 Å². The first-order valence-corrected chi connectivity index (χ1v) is 11.2. The molecule has 3 heteroatoms. The third-order valence-corrected chi connectivity index (χ3v) is 6.79. The van der Waals surface area contributed by atoms with Crippen molar-refractivity contribution in [2.75, 3.05) is 0 Å². The molecule has 0 aliphatic carbocycles. The highest BCUT2D eigenvalue weighted by Gasteiger charge is 2.44. The van der Waals surface area contributed by atoms with Crippen molar-refractivity contribution < 1.29 is 4.74 Å². The van der Waals surface area contributed by atoms with Crippen LogP contribution >= 0.6 is 45.2 Å². The summed E-state index contributed by atoms with van der Waals surface area (Å²) in [5.74, 6) is 1.83. The van der Waals surface area contributed by atoms with Gasteiger partial charge in [0.1, 0.15) is 11.5 Å². The van der Waals surface area contributed by atoms with Crippen molar-refractivity contribution in [2.45, 2.75) is 5.41 Å². The van der Waals surface area contributed by atoms with Crippen LogP contribution in [-0.4, -0.2) is 0 Å². The summed E-state index contributed by atoms with van der Waals surface area (Å²) in [5, 5.41) is 0. The zero-order chi connectivity index (χ0) is 19.1. The number of para-hydroxylation sites is 2. The highest BCUT2D eigenvalue weighted by atomic mass is 127. The first-order valence-electron chi connectivity index (χ1n) is 9.08. The van der Waals surface area contributed by atoms with Crippen LogP contribution in [0.3, 0.4) is 0 Å². The summed E-state index contributed by atoms with van der Waals surface area (Å²) >= 11 is 4.73. The van der Waals surface area contributed by atoms with Crippen LogP contribution in [0.4, 0.5) is 0 Å². The fourth-order valence-corrected chi connectivity index (χ4v) is 4.90. The van der Waals surface area contributed by atoms with Crippen molar-refractivity contribution in [1.82, 2.24) is 0 Å². The van der Waals surface area contributed by atoms with E-state index < -0.39 is 5.41 Å². The van der Waals surface area contributed by atoms with E-state index in [2.05, 4.69) is 130 Å². The lowest BCUT2D eigenvalue weighted by Crippen LogP contribution is -2.34. The predicted molar refractivity (Wildman–Crippen MR) is 130 cm³/mol. The molecule has 1 nitrogen and oxygen atoms in total.